The second-order valence-electron chi connectivity index (χ2n) is 8.73. The van der Waals surface area contributed by atoms with Crippen LogP contribution in [0.5, 0.6) is 0 Å². The van der Waals surface area contributed by atoms with E-state index in [0.717, 1.165) is 37.0 Å². The minimum Gasteiger partial charge on any atom is -0.293 e. The predicted molar refractivity (Wildman–Crippen MR) is 136 cm³/mol. The Bertz CT molecular complexity index is 893. The molecule has 0 aliphatic carbocycles. The molecule has 4 nitrogen and oxygen atoms in total. The largest absolute Gasteiger partial charge is 0.293 e. The zero-order valence-corrected chi connectivity index (χ0v) is 20.4. The number of hydrogen-bond donors (Lipinski definition) is 0. The Morgan fingerprint density at radius 2 is 1.21 bits per heavy atom. The molecule has 2 amide bonds. The van der Waals surface area contributed by atoms with Crippen LogP contribution < -0.4 is 0 Å². The van der Waals surface area contributed by atoms with Crippen molar-refractivity contribution in [1.82, 2.24) is 4.90 Å². The summed E-state index contributed by atoms with van der Waals surface area (Å²) in [4.78, 5) is 38.4. The number of carbonyl (C=O) groups excluding carboxylic acids is 3. The summed E-state index contributed by atoms with van der Waals surface area (Å²) in [6, 6.07) is 16.6. The van der Waals surface area contributed by atoms with E-state index in [0.29, 0.717) is 17.7 Å². The highest BCUT2D eigenvalue weighted by atomic mass is 32.2. The van der Waals surface area contributed by atoms with Crippen molar-refractivity contribution in [3.05, 3.63) is 71.3 Å². The van der Waals surface area contributed by atoms with Gasteiger partial charge in [0.25, 0.3) is 11.8 Å². The van der Waals surface area contributed by atoms with E-state index in [1.165, 1.54) is 37.0 Å². The summed E-state index contributed by atoms with van der Waals surface area (Å²) in [5.74, 6) is 0.973. The normalized spacial score (nSPS) is 13.9. The predicted octanol–water partition coefficient (Wildman–Crippen LogP) is 6.80. The molecule has 2 aromatic carbocycles. The SMILES string of the molecule is CC(SCCCCCCCCCCCN1C(=O)c2ccccc2C1=O)C(=O)c1ccccc1. The van der Waals surface area contributed by atoms with Crippen molar-refractivity contribution in [2.75, 3.05) is 12.3 Å². The highest BCUT2D eigenvalue weighted by Gasteiger charge is 2.34. The lowest BCUT2D eigenvalue weighted by molar-refractivity contribution is 0.0651. The zero-order chi connectivity index (χ0) is 23.5. The summed E-state index contributed by atoms with van der Waals surface area (Å²) in [6.45, 7) is 2.53. The number of carbonyl (C=O) groups is 3. The molecule has 1 aliphatic rings. The molecule has 1 heterocycles. The summed E-state index contributed by atoms with van der Waals surface area (Å²) < 4.78 is 0. The summed E-state index contributed by atoms with van der Waals surface area (Å²) in [5, 5.41) is 0.0210. The van der Waals surface area contributed by atoms with Gasteiger partial charge in [0.1, 0.15) is 0 Å². The number of thioether (sulfide) groups is 1. The maximum atomic E-state index is 12.4. The van der Waals surface area contributed by atoms with E-state index in [1.54, 1.807) is 36.0 Å². The topological polar surface area (TPSA) is 54.5 Å². The molecule has 3 rings (SSSR count). The van der Waals surface area contributed by atoms with Crippen LogP contribution in [-0.2, 0) is 0 Å². The fraction of sp³-hybridized carbons (Fsp3) is 0.464. The molecule has 0 aromatic heterocycles. The summed E-state index contributed by atoms with van der Waals surface area (Å²) >= 11 is 1.76. The second kappa shape index (κ2) is 13.3. The summed E-state index contributed by atoms with van der Waals surface area (Å²) in [6.07, 6.45) is 10.4. The molecule has 0 radical (unpaired) electrons. The van der Waals surface area contributed by atoms with Gasteiger partial charge >= 0.3 is 0 Å². The molecule has 2 aromatic rings. The van der Waals surface area contributed by atoms with Crippen LogP contribution in [0.15, 0.2) is 54.6 Å². The number of benzene rings is 2. The Labute approximate surface area is 202 Å². The second-order valence-corrected chi connectivity index (χ2v) is 10.2. The van der Waals surface area contributed by atoms with Gasteiger partial charge in [0.2, 0.25) is 0 Å². The third-order valence-electron chi connectivity index (χ3n) is 6.20. The van der Waals surface area contributed by atoms with Crippen LogP contribution in [0, 0.1) is 0 Å². The Kier molecular flexibility index (Phi) is 10.2. The number of imide groups is 1. The Morgan fingerprint density at radius 3 is 1.79 bits per heavy atom. The van der Waals surface area contributed by atoms with Crippen molar-refractivity contribution in [1.29, 1.82) is 0 Å². The zero-order valence-electron chi connectivity index (χ0n) is 19.6. The highest BCUT2D eigenvalue weighted by molar-refractivity contribution is 8.00. The van der Waals surface area contributed by atoms with E-state index in [1.807, 2.05) is 37.3 Å². The number of fused-ring (bicyclic) bond motifs is 1. The van der Waals surface area contributed by atoms with Gasteiger partial charge in [0.05, 0.1) is 16.4 Å². The van der Waals surface area contributed by atoms with E-state index >= 15 is 0 Å². The molecule has 0 saturated carbocycles. The van der Waals surface area contributed by atoms with Gasteiger partial charge in [-0.2, -0.15) is 11.8 Å². The van der Waals surface area contributed by atoms with Gasteiger partial charge in [-0.3, -0.25) is 19.3 Å². The number of ketones is 1. The minimum atomic E-state index is -0.146. The first-order valence-corrected chi connectivity index (χ1v) is 13.3. The van der Waals surface area contributed by atoms with Crippen molar-refractivity contribution < 1.29 is 14.4 Å². The van der Waals surface area contributed by atoms with Crippen molar-refractivity contribution in [2.24, 2.45) is 0 Å². The lowest BCUT2D eigenvalue weighted by Crippen LogP contribution is -2.30. The van der Waals surface area contributed by atoms with Gasteiger partial charge in [-0.25, -0.2) is 0 Å². The maximum Gasteiger partial charge on any atom is 0.261 e. The molecule has 0 saturated heterocycles. The third-order valence-corrected chi connectivity index (χ3v) is 7.44. The number of Topliss-reactive ketones (excluding diaryl/α,β-unsaturated/α-hetero) is 1. The van der Waals surface area contributed by atoms with Gasteiger partial charge in [0.15, 0.2) is 5.78 Å². The minimum absolute atomic E-state index is 0.0210. The number of amides is 2. The smallest absolute Gasteiger partial charge is 0.261 e. The van der Waals surface area contributed by atoms with Crippen LogP contribution >= 0.6 is 11.8 Å². The van der Waals surface area contributed by atoms with Crippen LogP contribution in [0.25, 0.3) is 0 Å². The van der Waals surface area contributed by atoms with Crippen LogP contribution in [-0.4, -0.2) is 40.0 Å². The molecule has 1 atom stereocenters. The average molecular weight is 466 g/mol. The van der Waals surface area contributed by atoms with E-state index in [-0.39, 0.29) is 22.8 Å². The van der Waals surface area contributed by atoms with Gasteiger partial charge in [-0.1, -0.05) is 87.4 Å². The lowest BCUT2D eigenvalue weighted by atomic mass is 10.1. The molecular weight excluding hydrogens is 430 g/mol. The van der Waals surface area contributed by atoms with Crippen molar-refractivity contribution in [2.45, 2.75) is 70.0 Å². The van der Waals surface area contributed by atoms with Crippen LogP contribution in [0.3, 0.4) is 0 Å². The first kappa shape index (κ1) is 25.2. The van der Waals surface area contributed by atoms with Crippen LogP contribution in [0.1, 0.15) is 95.8 Å². The van der Waals surface area contributed by atoms with Crippen LogP contribution in [0.4, 0.5) is 0 Å². The fourth-order valence-electron chi connectivity index (χ4n) is 4.22. The standard InChI is InChI=1S/C28H35NO3S/c1-22(26(30)23-16-10-9-11-17-23)33-21-15-8-6-4-2-3-5-7-14-20-29-27(31)24-18-12-13-19-25(24)28(29)32/h9-13,16-19,22H,2-8,14-15,20-21H2,1H3. The molecule has 0 spiro atoms. The third kappa shape index (κ3) is 7.29. The first-order chi connectivity index (χ1) is 16.1. The van der Waals surface area contributed by atoms with E-state index in [9.17, 15) is 14.4 Å². The summed E-state index contributed by atoms with van der Waals surface area (Å²) in [7, 11) is 0. The van der Waals surface area contributed by atoms with Crippen molar-refractivity contribution in [3.8, 4) is 0 Å². The molecule has 0 fully saturated rings. The molecule has 176 valence electrons. The van der Waals surface area contributed by atoms with E-state index < -0.39 is 0 Å². The number of unbranched alkanes of at least 4 members (excludes halogenated alkanes) is 8. The van der Waals surface area contributed by atoms with Crippen molar-refractivity contribution >= 4 is 29.4 Å². The number of hydrogen-bond acceptors (Lipinski definition) is 4. The Balaban J connectivity index is 1.15. The highest BCUT2D eigenvalue weighted by Crippen LogP contribution is 2.23. The first-order valence-electron chi connectivity index (χ1n) is 12.3. The lowest BCUT2D eigenvalue weighted by Gasteiger charge is -2.13. The maximum absolute atomic E-state index is 12.4. The molecule has 5 heteroatoms. The summed E-state index contributed by atoms with van der Waals surface area (Å²) in [5.41, 5.74) is 1.89. The fourth-order valence-corrected chi connectivity index (χ4v) is 5.24. The molecule has 1 unspecified atom stereocenters. The molecule has 1 aliphatic heterocycles. The molecule has 0 bridgehead atoms. The molecule has 33 heavy (non-hydrogen) atoms. The number of rotatable bonds is 15. The molecular formula is C28H35NO3S. The van der Waals surface area contributed by atoms with E-state index in [4.69, 9.17) is 0 Å². The van der Waals surface area contributed by atoms with Gasteiger partial charge in [0, 0.05) is 12.1 Å². The quantitative estimate of drug-likeness (QED) is 0.165. The number of nitrogens with zero attached hydrogens (tertiary/aromatic N) is 1. The average Bonchev–Trinajstić information content (AvgIpc) is 3.09. The van der Waals surface area contributed by atoms with Gasteiger partial charge in [-0.05, 0) is 37.7 Å². The van der Waals surface area contributed by atoms with Crippen molar-refractivity contribution in [3.63, 3.8) is 0 Å². The van der Waals surface area contributed by atoms with Gasteiger partial charge in [-0.15, -0.1) is 0 Å². The van der Waals surface area contributed by atoms with E-state index in [2.05, 4.69) is 0 Å². The van der Waals surface area contributed by atoms with Crippen LogP contribution in [0.2, 0.25) is 0 Å². The van der Waals surface area contributed by atoms with Gasteiger partial charge < -0.3 is 0 Å². The molecule has 0 N–H and O–H groups in total. The monoisotopic (exact) mass is 465 g/mol. The Hall–Kier alpha value is -2.40. The Morgan fingerprint density at radius 1 is 0.727 bits per heavy atom.